The van der Waals surface area contributed by atoms with Gasteiger partial charge in [0.05, 0.1) is 17.1 Å². The van der Waals surface area contributed by atoms with Gasteiger partial charge in [-0.25, -0.2) is 0 Å². The van der Waals surface area contributed by atoms with Crippen molar-refractivity contribution >= 4 is 22.7 Å². The van der Waals surface area contributed by atoms with Crippen molar-refractivity contribution in [1.29, 1.82) is 5.26 Å². The van der Waals surface area contributed by atoms with Crippen LogP contribution in [0, 0.1) is 17.2 Å². The standard InChI is InChI=1S/C16H16N4O2/c1-10(8-17)6-14(15(18)21)20-16(22)12-7-11-4-2-3-5-13(11)19-9-12/h2-5,7,9-10,14H,6H2,1H3,(H2,18,21)(H,20,22)/t10-,14-/m1/s1. The fourth-order valence-electron chi connectivity index (χ4n) is 2.09. The van der Waals surface area contributed by atoms with Crippen LogP contribution in [-0.2, 0) is 4.79 Å². The van der Waals surface area contributed by atoms with E-state index in [0.717, 1.165) is 10.9 Å². The molecular formula is C16H16N4O2. The lowest BCUT2D eigenvalue weighted by molar-refractivity contribution is -0.120. The van der Waals surface area contributed by atoms with Gasteiger partial charge < -0.3 is 11.1 Å². The van der Waals surface area contributed by atoms with Crippen LogP contribution in [0.25, 0.3) is 10.9 Å². The van der Waals surface area contributed by atoms with Gasteiger partial charge in [0, 0.05) is 17.5 Å². The highest BCUT2D eigenvalue weighted by atomic mass is 16.2. The Morgan fingerprint density at radius 3 is 2.82 bits per heavy atom. The number of pyridine rings is 1. The molecule has 2 rings (SSSR count). The quantitative estimate of drug-likeness (QED) is 0.868. The summed E-state index contributed by atoms with van der Waals surface area (Å²) in [7, 11) is 0. The Labute approximate surface area is 127 Å². The SMILES string of the molecule is C[C@@H](C#N)C[C@@H](NC(=O)c1cnc2ccccc2c1)C(N)=O. The van der Waals surface area contributed by atoms with Gasteiger partial charge in [0.15, 0.2) is 0 Å². The van der Waals surface area contributed by atoms with Crippen LogP contribution in [0.4, 0.5) is 0 Å². The first kappa shape index (κ1) is 15.4. The summed E-state index contributed by atoms with van der Waals surface area (Å²) in [6, 6.07) is 10.2. The maximum absolute atomic E-state index is 12.2. The summed E-state index contributed by atoms with van der Waals surface area (Å²) in [4.78, 5) is 27.8. The predicted molar refractivity (Wildman–Crippen MR) is 81.6 cm³/mol. The van der Waals surface area contributed by atoms with Crippen molar-refractivity contribution in [3.8, 4) is 6.07 Å². The number of carbonyl (C=O) groups excluding carboxylic acids is 2. The summed E-state index contributed by atoms with van der Waals surface area (Å²) in [5.41, 5.74) is 6.40. The smallest absolute Gasteiger partial charge is 0.253 e. The molecule has 2 aromatic rings. The van der Waals surface area contributed by atoms with Crippen LogP contribution >= 0.6 is 0 Å². The van der Waals surface area contributed by atoms with Gasteiger partial charge >= 0.3 is 0 Å². The second-order valence-corrected chi connectivity index (χ2v) is 5.11. The van der Waals surface area contributed by atoms with Crippen molar-refractivity contribution in [3.05, 3.63) is 42.1 Å². The predicted octanol–water partition coefficient (Wildman–Crippen LogP) is 1.37. The summed E-state index contributed by atoms with van der Waals surface area (Å²) < 4.78 is 0. The van der Waals surface area contributed by atoms with Crippen molar-refractivity contribution < 1.29 is 9.59 Å². The fraction of sp³-hybridized carbons (Fsp3) is 0.250. The first-order valence-corrected chi connectivity index (χ1v) is 6.86. The summed E-state index contributed by atoms with van der Waals surface area (Å²) in [5, 5.41) is 12.2. The Balaban J connectivity index is 2.18. The van der Waals surface area contributed by atoms with E-state index in [1.54, 1.807) is 13.0 Å². The molecule has 6 heteroatoms. The molecule has 1 heterocycles. The Morgan fingerprint density at radius 1 is 1.41 bits per heavy atom. The lowest BCUT2D eigenvalue weighted by atomic mass is 10.0. The van der Waals surface area contributed by atoms with Crippen molar-refractivity contribution in [1.82, 2.24) is 10.3 Å². The number of rotatable bonds is 5. The number of hydrogen-bond acceptors (Lipinski definition) is 4. The highest BCUT2D eigenvalue weighted by molar-refractivity contribution is 5.99. The van der Waals surface area contributed by atoms with Gasteiger partial charge in [-0.15, -0.1) is 0 Å². The Kier molecular flexibility index (Phi) is 4.69. The minimum absolute atomic E-state index is 0.179. The van der Waals surface area contributed by atoms with E-state index in [1.807, 2.05) is 30.3 Å². The number of para-hydroxylation sites is 1. The highest BCUT2D eigenvalue weighted by Gasteiger charge is 2.21. The van der Waals surface area contributed by atoms with Crippen molar-refractivity contribution in [3.63, 3.8) is 0 Å². The molecular weight excluding hydrogens is 280 g/mol. The minimum atomic E-state index is -0.881. The van der Waals surface area contributed by atoms with Crippen LogP contribution in [0.3, 0.4) is 0 Å². The van der Waals surface area contributed by atoms with Crippen LogP contribution in [0.5, 0.6) is 0 Å². The zero-order chi connectivity index (χ0) is 16.1. The molecule has 3 N–H and O–H groups in total. The monoisotopic (exact) mass is 296 g/mol. The molecule has 0 unspecified atom stereocenters. The average Bonchev–Trinajstić information content (AvgIpc) is 2.53. The minimum Gasteiger partial charge on any atom is -0.368 e. The van der Waals surface area contributed by atoms with Crippen molar-refractivity contribution in [2.75, 3.05) is 0 Å². The summed E-state index contributed by atoms with van der Waals surface area (Å²) >= 11 is 0. The number of hydrogen-bond donors (Lipinski definition) is 2. The third kappa shape index (κ3) is 3.58. The maximum atomic E-state index is 12.2. The zero-order valence-corrected chi connectivity index (χ0v) is 12.1. The molecule has 112 valence electrons. The Hall–Kier alpha value is -2.94. The van der Waals surface area contributed by atoms with E-state index in [9.17, 15) is 9.59 Å². The fourth-order valence-corrected chi connectivity index (χ4v) is 2.09. The van der Waals surface area contributed by atoms with Crippen LogP contribution in [0.1, 0.15) is 23.7 Å². The molecule has 22 heavy (non-hydrogen) atoms. The van der Waals surface area contributed by atoms with E-state index in [1.165, 1.54) is 6.20 Å². The molecule has 2 atom stereocenters. The number of aromatic nitrogens is 1. The molecule has 0 saturated carbocycles. The Bertz CT molecular complexity index is 751. The van der Waals surface area contributed by atoms with Gasteiger partial charge in [-0.3, -0.25) is 14.6 Å². The second kappa shape index (κ2) is 6.68. The number of nitrogens with one attached hydrogen (secondary N) is 1. The first-order chi connectivity index (χ1) is 10.5. The van der Waals surface area contributed by atoms with Gasteiger partial charge in [-0.1, -0.05) is 18.2 Å². The molecule has 2 amide bonds. The molecule has 0 fully saturated rings. The molecule has 0 radical (unpaired) electrons. The summed E-state index contributed by atoms with van der Waals surface area (Å²) in [6.07, 6.45) is 1.63. The molecule has 0 spiro atoms. The van der Waals surface area contributed by atoms with Gasteiger partial charge in [-0.2, -0.15) is 5.26 Å². The zero-order valence-electron chi connectivity index (χ0n) is 12.1. The lowest BCUT2D eigenvalue weighted by Crippen LogP contribution is -2.45. The number of nitrogens with zero attached hydrogens (tertiary/aromatic N) is 2. The van der Waals surface area contributed by atoms with E-state index in [2.05, 4.69) is 10.3 Å². The normalized spacial score (nSPS) is 13.1. The number of amides is 2. The molecule has 0 bridgehead atoms. The summed E-state index contributed by atoms with van der Waals surface area (Å²) in [6.45, 7) is 1.67. The molecule has 0 aliphatic rings. The van der Waals surface area contributed by atoms with Crippen LogP contribution in [0.2, 0.25) is 0 Å². The third-order valence-electron chi connectivity index (χ3n) is 3.31. The molecule has 0 aliphatic carbocycles. The van der Waals surface area contributed by atoms with E-state index in [-0.39, 0.29) is 12.3 Å². The van der Waals surface area contributed by atoms with Crippen molar-refractivity contribution in [2.45, 2.75) is 19.4 Å². The lowest BCUT2D eigenvalue weighted by Gasteiger charge is -2.16. The van der Waals surface area contributed by atoms with Gasteiger partial charge in [0.25, 0.3) is 5.91 Å². The number of fused-ring (bicyclic) bond motifs is 1. The van der Waals surface area contributed by atoms with E-state index < -0.39 is 17.9 Å². The number of carbonyl (C=O) groups is 2. The highest BCUT2D eigenvalue weighted by Crippen LogP contribution is 2.13. The maximum Gasteiger partial charge on any atom is 0.253 e. The number of primary amides is 1. The third-order valence-corrected chi connectivity index (χ3v) is 3.31. The van der Waals surface area contributed by atoms with Gasteiger partial charge in [0.2, 0.25) is 5.91 Å². The van der Waals surface area contributed by atoms with Crippen LogP contribution < -0.4 is 11.1 Å². The van der Waals surface area contributed by atoms with Crippen LogP contribution in [-0.4, -0.2) is 22.8 Å². The molecule has 6 nitrogen and oxygen atoms in total. The van der Waals surface area contributed by atoms with Crippen molar-refractivity contribution in [2.24, 2.45) is 11.7 Å². The average molecular weight is 296 g/mol. The Morgan fingerprint density at radius 2 is 2.14 bits per heavy atom. The number of nitriles is 1. The van der Waals surface area contributed by atoms with Gasteiger partial charge in [0.1, 0.15) is 6.04 Å². The topological polar surface area (TPSA) is 109 Å². The first-order valence-electron chi connectivity index (χ1n) is 6.86. The number of benzene rings is 1. The number of nitrogens with two attached hydrogens (primary N) is 1. The van der Waals surface area contributed by atoms with Gasteiger partial charge in [-0.05, 0) is 25.5 Å². The summed E-state index contributed by atoms with van der Waals surface area (Å²) in [5.74, 6) is -1.48. The van der Waals surface area contributed by atoms with E-state index >= 15 is 0 Å². The second-order valence-electron chi connectivity index (χ2n) is 5.11. The van der Waals surface area contributed by atoms with E-state index in [0.29, 0.717) is 5.56 Å². The molecule has 1 aromatic heterocycles. The van der Waals surface area contributed by atoms with Crippen LogP contribution in [0.15, 0.2) is 36.5 Å². The molecule has 1 aromatic carbocycles. The molecule has 0 saturated heterocycles. The molecule has 0 aliphatic heterocycles. The van der Waals surface area contributed by atoms with E-state index in [4.69, 9.17) is 11.0 Å². The largest absolute Gasteiger partial charge is 0.368 e.